The molecule has 128 valence electrons. The van der Waals surface area contributed by atoms with Crippen LogP contribution in [0.15, 0.2) is 78.9 Å². The number of carbonyl (C=O) groups is 2. The van der Waals surface area contributed by atoms with Gasteiger partial charge in [-0.2, -0.15) is 0 Å². The molecular formula is C22H18N2O2. The van der Waals surface area contributed by atoms with E-state index in [0.29, 0.717) is 16.8 Å². The van der Waals surface area contributed by atoms with Crippen molar-refractivity contribution in [3.8, 4) is 0 Å². The summed E-state index contributed by atoms with van der Waals surface area (Å²) in [6.07, 6.45) is 0. The standard InChI is InChI=1S/C22H18N2O2/c1-15(16-9-3-2-4-10-16)23-19-13-7-8-14-20(19)24-21(25)17-11-5-6-12-18(17)22(24)26/h2-15,23H,1H3. The smallest absolute Gasteiger partial charge is 0.266 e. The van der Waals surface area contributed by atoms with Crippen molar-refractivity contribution in [3.63, 3.8) is 0 Å². The number of carbonyl (C=O) groups excluding carboxylic acids is 2. The number of para-hydroxylation sites is 2. The molecule has 0 aromatic heterocycles. The van der Waals surface area contributed by atoms with E-state index < -0.39 is 0 Å². The molecule has 0 aliphatic carbocycles. The minimum atomic E-state index is -0.285. The summed E-state index contributed by atoms with van der Waals surface area (Å²) in [6, 6.07) is 24.4. The van der Waals surface area contributed by atoms with Gasteiger partial charge in [-0.05, 0) is 36.8 Å². The maximum Gasteiger partial charge on any atom is 0.266 e. The zero-order chi connectivity index (χ0) is 18.1. The van der Waals surface area contributed by atoms with E-state index in [0.717, 1.165) is 11.3 Å². The van der Waals surface area contributed by atoms with Crippen LogP contribution in [0.5, 0.6) is 0 Å². The van der Waals surface area contributed by atoms with Crippen LogP contribution in [0.1, 0.15) is 39.2 Å². The van der Waals surface area contributed by atoms with Crippen LogP contribution in [0.3, 0.4) is 0 Å². The third kappa shape index (κ3) is 2.65. The number of nitrogens with zero attached hydrogens (tertiary/aromatic N) is 1. The van der Waals surface area contributed by atoms with Gasteiger partial charge in [-0.3, -0.25) is 9.59 Å². The molecular weight excluding hydrogens is 324 g/mol. The molecule has 26 heavy (non-hydrogen) atoms. The summed E-state index contributed by atoms with van der Waals surface area (Å²) < 4.78 is 0. The summed E-state index contributed by atoms with van der Waals surface area (Å²) in [4.78, 5) is 26.8. The Labute approximate surface area is 152 Å². The molecule has 1 aliphatic heterocycles. The molecule has 0 spiro atoms. The fourth-order valence-electron chi connectivity index (χ4n) is 3.26. The van der Waals surface area contributed by atoms with Crippen LogP contribution in [0.25, 0.3) is 0 Å². The molecule has 1 unspecified atom stereocenters. The van der Waals surface area contributed by atoms with Crippen molar-refractivity contribution in [2.45, 2.75) is 13.0 Å². The SMILES string of the molecule is CC(Nc1ccccc1N1C(=O)c2ccccc2C1=O)c1ccccc1. The van der Waals surface area contributed by atoms with E-state index in [1.54, 1.807) is 30.3 Å². The lowest BCUT2D eigenvalue weighted by Crippen LogP contribution is -2.30. The van der Waals surface area contributed by atoms with Crippen LogP contribution in [-0.4, -0.2) is 11.8 Å². The van der Waals surface area contributed by atoms with Crippen molar-refractivity contribution in [2.75, 3.05) is 10.2 Å². The molecule has 0 saturated carbocycles. The fraction of sp³-hybridized carbons (Fsp3) is 0.0909. The summed E-state index contributed by atoms with van der Waals surface area (Å²) in [5.41, 5.74) is 3.34. The van der Waals surface area contributed by atoms with Crippen LogP contribution in [0, 0.1) is 0 Å². The first-order chi connectivity index (χ1) is 12.7. The van der Waals surface area contributed by atoms with Crippen molar-refractivity contribution in [1.29, 1.82) is 0 Å². The molecule has 1 aliphatic rings. The largest absolute Gasteiger partial charge is 0.377 e. The third-order valence-electron chi connectivity index (χ3n) is 4.61. The number of hydrogen-bond donors (Lipinski definition) is 1. The van der Waals surface area contributed by atoms with Gasteiger partial charge in [-0.1, -0.05) is 54.6 Å². The monoisotopic (exact) mass is 342 g/mol. The number of benzene rings is 3. The average Bonchev–Trinajstić information content (AvgIpc) is 2.94. The van der Waals surface area contributed by atoms with E-state index in [-0.39, 0.29) is 17.9 Å². The predicted molar refractivity (Wildman–Crippen MR) is 103 cm³/mol. The van der Waals surface area contributed by atoms with E-state index >= 15 is 0 Å². The van der Waals surface area contributed by atoms with E-state index in [1.165, 1.54) is 4.90 Å². The summed E-state index contributed by atoms with van der Waals surface area (Å²) >= 11 is 0. The van der Waals surface area contributed by atoms with Crippen molar-refractivity contribution in [3.05, 3.63) is 95.6 Å². The highest BCUT2D eigenvalue weighted by Gasteiger charge is 2.37. The van der Waals surface area contributed by atoms with Crippen LogP contribution < -0.4 is 10.2 Å². The molecule has 1 atom stereocenters. The number of rotatable bonds is 4. The number of amides is 2. The second-order valence-corrected chi connectivity index (χ2v) is 6.29. The minimum Gasteiger partial charge on any atom is -0.377 e. The molecule has 3 aromatic rings. The summed E-state index contributed by atoms with van der Waals surface area (Å²) in [5.74, 6) is -0.570. The Kier molecular flexibility index (Phi) is 4.01. The fourth-order valence-corrected chi connectivity index (χ4v) is 3.26. The second-order valence-electron chi connectivity index (χ2n) is 6.29. The molecule has 2 amide bonds. The normalized spacial score (nSPS) is 14.3. The lowest BCUT2D eigenvalue weighted by atomic mass is 10.1. The van der Waals surface area contributed by atoms with E-state index in [1.807, 2.05) is 48.5 Å². The molecule has 0 fully saturated rings. The first-order valence-corrected chi connectivity index (χ1v) is 8.55. The van der Waals surface area contributed by atoms with Crippen molar-refractivity contribution in [2.24, 2.45) is 0 Å². The number of anilines is 2. The highest BCUT2D eigenvalue weighted by atomic mass is 16.2. The van der Waals surface area contributed by atoms with E-state index in [4.69, 9.17) is 0 Å². The van der Waals surface area contributed by atoms with Crippen LogP contribution in [0.4, 0.5) is 11.4 Å². The first kappa shape index (κ1) is 16.1. The Hall–Kier alpha value is -3.40. The molecule has 1 N–H and O–H groups in total. The minimum absolute atomic E-state index is 0.0348. The van der Waals surface area contributed by atoms with Crippen LogP contribution in [0.2, 0.25) is 0 Å². The number of hydrogen-bond acceptors (Lipinski definition) is 3. The Balaban J connectivity index is 1.69. The molecule has 0 radical (unpaired) electrons. The van der Waals surface area contributed by atoms with Gasteiger partial charge in [0.2, 0.25) is 0 Å². The number of nitrogens with one attached hydrogen (secondary N) is 1. The summed E-state index contributed by atoms with van der Waals surface area (Å²) in [6.45, 7) is 2.05. The van der Waals surface area contributed by atoms with Gasteiger partial charge in [0, 0.05) is 6.04 Å². The number of fused-ring (bicyclic) bond motifs is 1. The molecule has 4 nitrogen and oxygen atoms in total. The van der Waals surface area contributed by atoms with Crippen LogP contribution >= 0.6 is 0 Å². The van der Waals surface area contributed by atoms with Gasteiger partial charge in [0.05, 0.1) is 22.5 Å². The Bertz CT molecular complexity index is 947. The topological polar surface area (TPSA) is 49.4 Å². The molecule has 4 heteroatoms. The third-order valence-corrected chi connectivity index (χ3v) is 4.61. The zero-order valence-corrected chi connectivity index (χ0v) is 14.3. The molecule has 3 aromatic carbocycles. The first-order valence-electron chi connectivity index (χ1n) is 8.55. The molecule has 0 bridgehead atoms. The van der Waals surface area contributed by atoms with E-state index in [9.17, 15) is 9.59 Å². The lowest BCUT2D eigenvalue weighted by molar-refractivity contribution is 0.0926. The van der Waals surface area contributed by atoms with Gasteiger partial charge < -0.3 is 5.32 Å². The predicted octanol–water partition coefficient (Wildman–Crippen LogP) is 4.66. The Morgan fingerprint density at radius 2 is 1.27 bits per heavy atom. The average molecular weight is 342 g/mol. The molecule has 0 saturated heterocycles. The second kappa shape index (κ2) is 6.48. The van der Waals surface area contributed by atoms with Crippen LogP contribution in [-0.2, 0) is 0 Å². The highest BCUT2D eigenvalue weighted by molar-refractivity contribution is 6.35. The summed E-state index contributed by atoms with van der Waals surface area (Å²) in [5, 5.41) is 3.43. The van der Waals surface area contributed by atoms with Gasteiger partial charge in [-0.15, -0.1) is 0 Å². The molecule has 1 heterocycles. The van der Waals surface area contributed by atoms with Gasteiger partial charge in [0.25, 0.3) is 11.8 Å². The Morgan fingerprint density at radius 1 is 0.731 bits per heavy atom. The van der Waals surface area contributed by atoms with Crippen molar-refractivity contribution >= 4 is 23.2 Å². The highest BCUT2D eigenvalue weighted by Crippen LogP contribution is 2.34. The number of imide groups is 1. The Morgan fingerprint density at radius 3 is 1.92 bits per heavy atom. The van der Waals surface area contributed by atoms with Gasteiger partial charge in [0.1, 0.15) is 0 Å². The van der Waals surface area contributed by atoms with Gasteiger partial charge >= 0.3 is 0 Å². The quantitative estimate of drug-likeness (QED) is 0.702. The van der Waals surface area contributed by atoms with Gasteiger partial charge in [-0.25, -0.2) is 4.90 Å². The van der Waals surface area contributed by atoms with Gasteiger partial charge in [0.15, 0.2) is 0 Å². The van der Waals surface area contributed by atoms with Crippen molar-refractivity contribution in [1.82, 2.24) is 0 Å². The maximum atomic E-state index is 12.8. The summed E-state index contributed by atoms with van der Waals surface area (Å²) in [7, 11) is 0. The maximum absolute atomic E-state index is 12.8. The van der Waals surface area contributed by atoms with Crippen molar-refractivity contribution < 1.29 is 9.59 Å². The zero-order valence-electron chi connectivity index (χ0n) is 14.3. The lowest BCUT2D eigenvalue weighted by Gasteiger charge is -2.22. The molecule has 4 rings (SSSR count). The van der Waals surface area contributed by atoms with E-state index in [2.05, 4.69) is 12.2 Å².